The van der Waals surface area contributed by atoms with E-state index in [-0.39, 0.29) is 5.92 Å². The molecule has 0 spiro atoms. The summed E-state index contributed by atoms with van der Waals surface area (Å²) >= 11 is 5.93. The van der Waals surface area contributed by atoms with Crippen LogP contribution in [0.3, 0.4) is 0 Å². The summed E-state index contributed by atoms with van der Waals surface area (Å²) in [7, 11) is -1.42. The van der Waals surface area contributed by atoms with Crippen molar-refractivity contribution in [2.45, 2.75) is 19.8 Å². The van der Waals surface area contributed by atoms with Crippen LogP contribution < -0.4 is 5.46 Å². The van der Waals surface area contributed by atoms with Crippen LogP contribution >= 0.6 is 11.6 Å². The predicted octanol–water partition coefficient (Wildman–Crippen LogP) is 1.14. The van der Waals surface area contributed by atoms with Gasteiger partial charge in [-0.25, -0.2) is 0 Å². The van der Waals surface area contributed by atoms with Crippen molar-refractivity contribution >= 4 is 24.2 Å². The number of hydrogen-bond acceptors (Lipinski definition) is 2. The van der Waals surface area contributed by atoms with Crippen LogP contribution in [-0.2, 0) is 0 Å². The van der Waals surface area contributed by atoms with Gasteiger partial charge in [-0.15, -0.1) is 0 Å². The molecule has 0 saturated heterocycles. The minimum atomic E-state index is -1.42. The average Bonchev–Trinajstić information content (AvgIpc) is 2.04. The highest BCUT2D eigenvalue weighted by molar-refractivity contribution is 6.58. The fourth-order valence-corrected chi connectivity index (χ4v) is 1.50. The lowest BCUT2D eigenvalue weighted by Gasteiger charge is -2.09. The minimum absolute atomic E-state index is 0.284. The highest BCUT2D eigenvalue weighted by Gasteiger charge is 2.13. The van der Waals surface area contributed by atoms with Gasteiger partial charge in [-0.2, -0.15) is 0 Å². The molecule has 0 aliphatic heterocycles. The molecule has 2 nitrogen and oxygen atoms in total. The van der Waals surface area contributed by atoms with Gasteiger partial charge in [-0.05, 0) is 23.0 Å². The standard InChI is InChI=1S/C9H12BClO2/c1-6(2)8-5-7(10(12)13)3-4-9(8)11/h3-6,12-13H,1-2H3. The molecule has 0 atom stereocenters. The van der Waals surface area contributed by atoms with Gasteiger partial charge < -0.3 is 10.0 Å². The molecule has 4 heteroatoms. The first-order valence-electron chi connectivity index (χ1n) is 4.18. The molecule has 0 aliphatic rings. The van der Waals surface area contributed by atoms with Crippen LogP contribution in [0.1, 0.15) is 25.3 Å². The minimum Gasteiger partial charge on any atom is -0.423 e. The molecule has 0 saturated carbocycles. The molecule has 0 amide bonds. The van der Waals surface area contributed by atoms with E-state index in [4.69, 9.17) is 21.6 Å². The van der Waals surface area contributed by atoms with Crippen LogP contribution in [0.4, 0.5) is 0 Å². The second-order valence-corrected chi connectivity index (χ2v) is 3.72. The van der Waals surface area contributed by atoms with Gasteiger partial charge >= 0.3 is 7.12 Å². The first-order valence-corrected chi connectivity index (χ1v) is 4.55. The van der Waals surface area contributed by atoms with Crippen molar-refractivity contribution < 1.29 is 10.0 Å². The lowest BCUT2D eigenvalue weighted by molar-refractivity contribution is 0.425. The zero-order valence-corrected chi connectivity index (χ0v) is 8.42. The summed E-state index contributed by atoms with van der Waals surface area (Å²) in [6.07, 6.45) is 0. The molecule has 1 rings (SSSR count). The van der Waals surface area contributed by atoms with E-state index in [2.05, 4.69) is 0 Å². The highest BCUT2D eigenvalue weighted by atomic mass is 35.5. The topological polar surface area (TPSA) is 40.5 Å². The average molecular weight is 198 g/mol. The molecular formula is C9H12BClO2. The maximum absolute atomic E-state index is 8.93. The van der Waals surface area contributed by atoms with Crippen molar-refractivity contribution in [3.8, 4) is 0 Å². The zero-order valence-electron chi connectivity index (χ0n) is 7.66. The Morgan fingerprint density at radius 3 is 2.38 bits per heavy atom. The van der Waals surface area contributed by atoms with Gasteiger partial charge in [0.05, 0.1) is 0 Å². The largest absolute Gasteiger partial charge is 0.488 e. The second kappa shape index (κ2) is 4.14. The molecular weight excluding hydrogens is 186 g/mol. The van der Waals surface area contributed by atoms with E-state index >= 15 is 0 Å². The monoisotopic (exact) mass is 198 g/mol. The Kier molecular flexibility index (Phi) is 3.36. The van der Waals surface area contributed by atoms with Gasteiger partial charge in [0.15, 0.2) is 0 Å². The van der Waals surface area contributed by atoms with Crippen LogP contribution in [0.2, 0.25) is 5.02 Å². The molecule has 1 aromatic carbocycles. The van der Waals surface area contributed by atoms with Gasteiger partial charge in [0, 0.05) is 5.02 Å². The van der Waals surface area contributed by atoms with Crippen LogP contribution in [0.5, 0.6) is 0 Å². The molecule has 0 fully saturated rings. The summed E-state index contributed by atoms with van der Waals surface area (Å²) in [6.45, 7) is 4.02. The summed E-state index contributed by atoms with van der Waals surface area (Å²) in [5.41, 5.74) is 1.42. The Hall–Kier alpha value is -0.505. The molecule has 0 unspecified atom stereocenters. The van der Waals surface area contributed by atoms with Gasteiger partial charge in [0.2, 0.25) is 0 Å². The second-order valence-electron chi connectivity index (χ2n) is 3.31. The van der Waals surface area contributed by atoms with Crippen LogP contribution in [0, 0.1) is 0 Å². The number of rotatable bonds is 2. The summed E-state index contributed by atoms with van der Waals surface area (Å²) in [6, 6.07) is 5.02. The third-order valence-electron chi connectivity index (χ3n) is 1.94. The summed E-state index contributed by atoms with van der Waals surface area (Å²) < 4.78 is 0. The summed E-state index contributed by atoms with van der Waals surface area (Å²) in [4.78, 5) is 0. The molecule has 0 radical (unpaired) electrons. The van der Waals surface area contributed by atoms with Crippen molar-refractivity contribution in [1.82, 2.24) is 0 Å². The molecule has 0 aliphatic carbocycles. The molecule has 1 aromatic rings. The van der Waals surface area contributed by atoms with Gasteiger partial charge in [0.25, 0.3) is 0 Å². The fourth-order valence-electron chi connectivity index (χ4n) is 1.17. The van der Waals surface area contributed by atoms with E-state index in [9.17, 15) is 0 Å². The highest BCUT2D eigenvalue weighted by Crippen LogP contribution is 2.22. The number of benzene rings is 1. The van der Waals surface area contributed by atoms with E-state index in [0.29, 0.717) is 10.5 Å². The third-order valence-corrected chi connectivity index (χ3v) is 2.28. The third kappa shape index (κ3) is 2.47. The first kappa shape index (κ1) is 10.6. The van der Waals surface area contributed by atoms with Crippen LogP contribution in [-0.4, -0.2) is 17.2 Å². The SMILES string of the molecule is CC(C)c1cc(B(O)O)ccc1Cl. The molecule has 0 heterocycles. The van der Waals surface area contributed by atoms with E-state index in [1.165, 1.54) is 0 Å². The Labute approximate surface area is 83.3 Å². The van der Waals surface area contributed by atoms with E-state index in [0.717, 1.165) is 5.56 Å². The summed E-state index contributed by atoms with van der Waals surface area (Å²) in [5.74, 6) is 0.284. The molecule has 2 N–H and O–H groups in total. The Balaban J connectivity index is 3.11. The van der Waals surface area contributed by atoms with E-state index in [1.807, 2.05) is 13.8 Å². The van der Waals surface area contributed by atoms with Crippen molar-refractivity contribution in [2.24, 2.45) is 0 Å². The molecule has 0 aromatic heterocycles. The lowest BCUT2D eigenvalue weighted by atomic mass is 9.79. The maximum atomic E-state index is 8.93. The van der Waals surface area contributed by atoms with Gasteiger partial charge in [0.1, 0.15) is 0 Å². The maximum Gasteiger partial charge on any atom is 0.488 e. The zero-order chi connectivity index (χ0) is 10.0. The van der Waals surface area contributed by atoms with Crippen molar-refractivity contribution in [3.63, 3.8) is 0 Å². The molecule has 70 valence electrons. The van der Waals surface area contributed by atoms with Gasteiger partial charge in [-0.1, -0.05) is 37.6 Å². The fraction of sp³-hybridized carbons (Fsp3) is 0.333. The Morgan fingerprint density at radius 1 is 1.31 bits per heavy atom. The number of hydrogen-bond donors (Lipinski definition) is 2. The van der Waals surface area contributed by atoms with Crippen molar-refractivity contribution in [3.05, 3.63) is 28.8 Å². The van der Waals surface area contributed by atoms with Crippen molar-refractivity contribution in [1.29, 1.82) is 0 Å². The molecule has 13 heavy (non-hydrogen) atoms. The van der Waals surface area contributed by atoms with Crippen LogP contribution in [0.15, 0.2) is 18.2 Å². The quantitative estimate of drug-likeness (QED) is 0.700. The predicted molar refractivity (Wildman–Crippen MR) is 55.4 cm³/mol. The normalized spacial score (nSPS) is 10.6. The smallest absolute Gasteiger partial charge is 0.423 e. The molecule has 0 bridgehead atoms. The van der Waals surface area contributed by atoms with E-state index in [1.54, 1.807) is 18.2 Å². The van der Waals surface area contributed by atoms with E-state index < -0.39 is 7.12 Å². The summed E-state index contributed by atoms with van der Waals surface area (Å²) in [5, 5.41) is 18.5. The Bertz CT molecular complexity index is 300. The lowest BCUT2D eigenvalue weighted by Crippen LogP contribution is -2.30. The van der Waals surface area contributed by atoms with Gasteiger partial charge in [-0.3, -0.25) is 0 Å². The van der Waals surface area contributed by atoms with Crippen molar-refractivity contribution in [2.75, 3.05) is 0 Å². The first-order chi connectivity index (χ1) is 6.02. The number of halogens is 1. The Morgan fingerprint density at radius 2 is 1.92 bits per heavy atom. The van der Waals surface area contributed by atoms with Crippen LogP contribution in [0.25, 0.3) is 0 Å².